The predicted molar refractivity (Wildman–Crippen MR) is 103 cm³/mol. The molecular formula is C18H25Cl3N2O. The highest BCUT2D eigenvalue weighted by Crippen LogP contribution is 2.30. The number of carbonyl (C=O) groups excluding carboxylic acids is 1. The van der Waals surface area contributed by atoms with E-state index in [1.807, 2.05) is 11.9 Å². The van der Waals surface area contributed by atoms with E-state index >= 15 is 0 Å². The summed E-state index contributed by atoms with van der Waals surface area (Å²) in [6.45, 7) is 2.35. The molecule has 134 valence electrons. The van der Waals surface area contributed by atoms with Crippen LogP contribution in [0.5, 0.6) is 0 Å². The molecule has 1 aliphatic heterocycles. The lowest BCUT2D eigenvalue weighted by Crippen LogP contribution is -2.53. The van der Waals surface area contributed by atoms with Crippen LogP contribution in [-0.4, -0.2) is 47.9 Å². The van der Waals surface area contributed by atoms with Gasteiger partial charge in [0.15, 0.2) is 0 Å². The largest absolute Gasteiger partial charge is 0.337 e. The van der Waals surface area contributed by atoms with Gasteiger partial charge < -0.3 is 4.90 Å². The summed E-state index contributed by atoms with van der Waals surface area (Å²) >= 11 is 12.0. The van der Waals surface area contributed by atoms with Crippen molar-refractivity contribution in [3.8, 4) is 0 Å². The molecule has 1 heterocycles. The molecule has 1 aromatic rings. The van der Waals surface area contributed by atoms with Crippen molar-refractivity contribution >= 4 is 41.5 Å². The number of likely N-dealkylation sites (tertiary alicyclic amines) is 1. The van der Waals surface area contributed by atoms with Crippen molar-refractivity contribution in [2.45, 2.75) is 50.6 Å². The number of hydrogen-bond acceptors (Lipinski definition) is 2. The maximum absolute atomic E-state index is 12.9. The Morgan fingerprint density at radius 1 is 1.08 bits per heavy atom. The predicted octanol–water partition coefficient (Wildman–Crippen LogP) is 4.89. The van der Waals surface area contributed by atoms with Crippen LogP contribution >= 0.6 is 35.6 Å². The number of likely N-dealkylation sites (N-methyl/N-ethyl adjacent to an activating group) is 1. The van der Waals surface area contributed by atoms with Crippen molar-refractivity contribution < 1.29 is 4.79 Å². The molecule has 1 saturated heterocycles. The molecule has 24 heavy (non-hydrogen) atoms. The summed E-state index contributed by atoms with van der Waals surface area (Å²) in [6.07, 6.45) is 7.33. The second kappa shape index (κ2) is 8.75. The zero-order valence-corrected chi connectivity index (χ0v) is 16.3. The Morgan fingerprint density at radius 3 is 2.42 bits per heavy atom. The standard InChI is InChI=1S/C18H24Cl2N2O.ClH/c1-21(18(23)13-8-9-14(19)15(20)12-13)16-6-2-3-7-17(16)22-10-4-5-11-22;/h8-9,12,16-17H,2-7,10-11H2,1H3;1H/t16-,17+;/m0./s1. The third-order valence-corrected chi connectivity index (χ3v) is 6.03. The van der Waals surface area contributed by atoms with E-state index in [2.05, 4.69) is 4.90 Å². The van der Waals surface area contributed by atoms with Crippen LogP contribution in [0.2, 0.25) is 10.0 Å². The first-order valence-electron chi connectivity index (χ1n) is 8.54. The lowest BCUT2D eigenvalue weighted by molar-refractivity contribution is 0.0496. The summed E-state index contributed by atoms with van der Waals surface area (Å²) < 4.78 is 0. The summed E-state index contributed by atoms with van der Waals surface area (Å²) in [5.74, 6) is 0.0414. The van der Waals surface area contributed by atoms with Crippen molar-refractivity contribution in [3.63, 3.8) is 0 Å². The molecule has 0 radical (unpaired) electrons. The van der Waals surface area contributed by atoms with E-state index in [0.29, 0.717) is 27.7 Å². The highest BCUT2D eigenvalue weighted by atomic mass is 35.5. The molecule has 6 heteroatoms. The summed E-state index contributed by atoms with van der Waals surface area (Å²) in [4.78, 5) is 17.4. The number of carbonyl (C=O) groups is 1. The molecule has 1 aromatic carbocycles. The van der Waals surface area contributed by atoms with Gasteiger partial charge in [-0.2, -0.15) is 0 Å². The second-order valence-electron chi connectivity index (χ2n) is 6.71. The van der Waals surface area contributed by atoms with Crippen LogP contribution in [-0.2, 0) is 0 Å². The number of amides is 1. The van der Waals surface area contributed by atoms with Gasteiger partial charge in [-0.3, -0.25) is 9.69 Å². The van der Waals surface area contributed by atoms with E-state index in [0.717, 1.165) is 6.42 Å². The van der Waals surface area contributed by atoms with E-state index in [1.54, 1.807) is 18.2 Å². The molecule has 2 aliphatic rings. The number of rotatable bonds is 3. The molecule has 0 bridgehead atoms. The lowest BCUT2D eigenvalue weighted by atomic mass is 9.88. The van der Waals surface area contributed by atoms with Gasteiger partial charge in [-0.05, 0) is 57.0 Å². The Bertz CT molecular complexity index is 575. The summed E-state index contributed by atoms with van der Waals surface area (Å²) in [5, 5.41) is 0.920. The van der Waals surface area contributed by atoms with E-state index < -0.39 is 0 Å². The summed E-state index contributed by atoms with van der Waals surface area (Å²) in [7, 11) is 1.93. The van der Waals surface area contributed by atoms with Crippen LogP contribution < -0.4 is 0 Å². The third-order valence-electron chi connectivity index (χ3n) is 5.29. The zero-order chi connectivity index (χ0) is 16.4. The van der Waals surface area contributed by atoms with Crippen molar-refractivity contribution in [2.24, 2.45) is 0 Å². The van der Waals surface area contributed by atoms with Gasteiger partial charge in [-0.25, -0.2) is 0 Å². The van der Waals surface area contributed by atoms with Gasteiger partial charge in [0.05, 0.1) is 10.0 Å². The molecule has 2 fully saturated rings. The molecular weight excluding hydrogens is 367 g/mol. The molecule has 1 saturated carbocycles. The molecule has 1 aliphatic carbocycles. The summed E-state index contributed by atoms with van der Waals surface area (Å²) in [6, 6.07) is 5.94. The highest BCUT2D eigenvalue weighted by Gasteiger charge is 2.35. The second-order valence-corrected chi connectivity index (χ2v) is 7.52. The average molecular weight is 392 g/mol. The Hall–Kier alpha value is -0.480. The van der Waals surface area contributed by atoms with Crippen LogP contribution in [0.4, 0.5) is 0 Å². The number of benzene rings is 1. The quantitative estimate of drug-likeness (QED) is 0.732. The van der Waals surface area contributed by atoms with Crippen LogP contribution in [0.3, 0.4) is 0 Å². The summed E-state index contributed by atoms with van der Waals surface area (Å²) in [5.41, 5.74) is 0.618. The molecule has 3 nitrogen and oxygen atoms in total. The fraction of sp³-hybridized carbons (Fsp3) is 0.611. The fourth-order valence-corrected chi connectivity index (χ4v) is 4.32. The maximum atomic E-state index is 12.9. The molecule has 0 unspecified atom stereocenters. The van der Waals surface area contributed by atoms with Gasteiger partial charge in [-0.1, -0.05) is 36.0 Å². The Balaban J connectivity index is 0.00000208. The van der Waals surface area contributed by atoms with Crippen LogP contribution in [0.1, 0.15) is 48.9 Å². The third kappa shape index (κ3) is 4.19. The van der Waals surface area contributed by atoms with Crippen molar-refractivity contribution in [1.29, 1.82) is 0 Å². The average Bonchev–Trinajstić information content (AvgIpc) is 3.10. The van der Waals surface area contributed by atoms with Gasteiger partial charge in [0, 0.05) is 24.7 Å². The lowest BCUT2D eigenvalue weighted by Gasteiger charge is -2.42. The van der Waals surface area contributed by atoms with Crippen LogP contribution in [0, 0.1) is 0 Å². The van der Waals surface area contributed by atoms with Gasteiger partial charge >= 0.3 is 0 Å². The van der Waals surface area contributed by atoms with E-state index in [4.69, 9.17) is 23.2 Å². The maximum Gasteiger partial charge on any atom is 0.253 e. The van der Waals surface area contributed by atoms with Crippen molar-refractivity contribution in [3.05, 3.63) is 33.8 Å². The molecule has 0 N–H and O–H groups in total. The molecule has 3 rings (SSSR count). The normalized spacial score (nSPS) is 24.5. The van der Waals surface area contributed by atoms with Gasteiger partial charge in [-0.15, -0.1) is 12.4 Å². The topological polar surface area (TPSA) is 23.6 Å². The van der Waals surface area contributed by atoms with Gasteiger partial charge in [0.25, 0.3) is 5.91 Å². The fourth-order valence-electron chi connectivity index (χ4n) is 4.03. The first-order chi connectivity index (χ1) is 11.1. The zero-order valence-electron chi connectivity index (χ0n) is 14.0. The number of nitrogens with zero attached hydrogens (tertiary/aromatic N) is 2. The SMILES string of the molecule is CN(C(=O)c1ccc(Cl)c(Cl)c1)[C@H]1CCCC[C@H]1N1CCCC1.Cl. The first kappa shape index (κ1) is 19.8. The molecule has 1 amide bonds. The van der Waals surface area contributed by atoms with Gasteiger partial charge in [0.1, 0.15) is 0 Å². The van der Waals surface area contributed by atoms with Crippen LogP contribution in [0.25, 0.3) is 0 Å². The Labute approximate surface area is 160 Å². The van der Waals surface area contributed by atoms with Gasteiger partial charge in [0.2, 0.25) is 0 Å². The smallest absolute Gasteiger partial charge is 0.253 e. The number of halogens is 3. The minimum absolute atomic E-state index is 0. The number of hydrogen-bond donors (Lipinski definition) is 0. The van der Waals surface area contributed by atoms with E-state index in [9.17, 15) is 4.79 Å². The monoisotopic (exact) mass is 390 g/mol. The molecule has 0 spiro atoms. The first-order valence-corrected chi connectivity index (χ1v) is 9.30. The Morgan fingerprint density at radius 2 is 1.75 bits per heavy atom. The minimum Gasteiger partial charge on any atom is -0.337 e. The molecule has 0 aromatic heterocycles. The van der Waals surface area contributed by atoms with Crippen molar-refractivity contribution in [2.75, 3.05) is 20.1 Å². The Kier molecular flexibility index (Phi) is 7.23. The van der Waals surface area contributed by atoms with E-state index in [-0.39, 0.29) is 18.3 Å². The minimum atomic E-state index is 0. The van der Waals surface area contributed by atoms with E-state index in [1.165, 1.54) is 45.2 Å². The van der Waals surface area contributed by atoms with Crippen LogP contribution in [0.15, 0.2) is 18.2 Å². The van der Waals surface area contributed by atoms with Crippen molar-refractivity contribution in [1.82, 2.24) is 9.80 Å². The molecule has 2 atom stereocenters. The highest BCUT2D eigenvalue weighted by molar-refractivity contribution is 6.42.